The van der Waals surface area contributed by atoms with Crippen molar-refractivity contribution in [2.24, 2.45) is 5.92 Å². The molecule has 2 nitrogen and oxygen atoms in total. The highest BCUT2D eigenvalue weighted by Gasteiger charge is 2.19. The molecule has 1 rings (SSSR count). The van der Waals surface area contributed by atoms with Crippen molar-refractivity contribution in [1.29, 1.82) is 5.26 Å². The van der Waals surface area contributed by atoms with Crippen LogP contribution in [0.3, 0.4) is 0 Å². The topological polar surface area (TPSA) is 40.9 Å². The van der Waals surface area contributed by atoms with E-state index in [4.69, 9.17) is 5.26 Å². The van der Waals surface area contributed by atoms with Gasteiger partial charge in [0.05, 0.1) is 6.07 Å². The van der Waals surface area contributed by atoms with E-state index in [-0.39, 0.29) is 5.78 Å². The molecule has 0 N–H and O–H groups in total. The molecule has 0 aromatic heterocycles. The Bertz CT molecular complexity index is 420. The van der Waals surface area contributed by atoms with Crippen molar-refractivity contribution < 1.29 is 4.79 Å². The summed E-state index contributed by atoms with van der Waals surface area (Å²) < 4.78 is 0.904. The van der Waals surface area contributed by atoms with Crippen LogP contribution in [0.1, 0.15) is 29.3 Å². The lowest BCUT2D eigenvalue weighted by Gasteiger charge is -2.09. The fraction of sp³-hybridized carbons (Fsp3) is 0.333. The summed E-state index contributed by atoms with van der Waals surface area (Å²) in [6.07, 6.45) is 0.557. The van der Waals surface area contributed by atoms with E-state index < -0.39 is 5.92 Å². The molecule has 1 unspecified atom stereocenters. The molecule has 0 spiro atoms. The first kappa shape index (κ1) is 11.9. The summed E-state index contributed by atoms with van der Waals surface area (Å²) in [6, 6.07) is 7.50. The third-order valence-corrected chi connectivity index (χ3v) is 3.27. The molecule has 0 saturated carbocycles. The molecule has 0 aliphatic rings. The predicted octanol–water partition coefficient (Wildman–Crippen LogP) is 3.49. The molecule has 0 radical (unpaired) electrons. The number of Topliss-reactive ketones (excluding diaryl/α,β-unsaturated/α-hetero) is 1. The van der Waals surface area contributed by atoms with Gasteiger partial charge in [-0.25, -0.2) is 0 Å². The van der Waals surface area contributed by atoms with Gasteiger partial charge >= 0.3 is 0 Å². The van der Waals surface area contributed by atoms with E-state index in [1.807, 2.05) is 32.0 Å². The Labute approximate surface area is 98.0 Å². The molecule has 3 heteroatoms. The van der Waals surface area contributed by atoms with Crippen molar-refractivity contribution in [3.05, 3.63) is 33.8 Å². The Morgan fingerprint density at radius 1 is 1.60 bits per heavy atom. The Hall–Kier alpha value is -1.14. The van der Waals surface area contributed by atoms with E-state index in [0.29, 0.717) is 12.0 Å². The maximum absolute atomic E-state index is 11.9. The number of carbonyl (C=O) groups excluding carboxylic acids is 1. The smallest absolute Gasteiger partial charge is 0.180 e. The highest BCUT2D eigenvalue weighted by Crippen LogP contribution is 2.22. The zero-order valence-corrected chi connectivity index (χ0v) is 10.3. The molecule has 0 amide bonds. The lowest BCUT2D eigenvalue weighted by molar-refractivity contribution is 0.0946. The Morgan fingerprint density at radius 3 is 2.80 bits per heavy atom. The van der Waals surface area contributed by atoms with Crippen molar-refractivity contribution >= 4 is 21.7 Å². The fourth-order valence-corrected chi connectivity index (χ4v) is 1.76. The maximum Gasteiger partial charge on any atom is 0.180 e. The molecule has 0 fully saturated rings. The number of carbonyl (C=O) groups is 1. The van der Waals surface area contributed by atoms with Gasteiger partial charge in [0.25, 0.3) is 0 Å². The molecule has 15 heavy (non-hydrogen) atoms. The van der Waals surface area contributed by atoms with Crippen molar-refractivity contribution in [3.63, 3.8) is 0 Å². The van der Waals surface area contributed by atoms with Gasteiger partial charge in [-0.2, -0.15) is 5.26 Å². The van der Waals surface area contributed by atoms with E-state index in [2.05, 4.69) is 15.9 Å². The van der Waals surface area contributed by atoms with Crippen LogP contribution in [0, 0.1) is 24.2 Å². The zero-order valence-electron chi connectivity index (χ0n) is 8.75. The summed E-state index contributed by atoms with van der Waals surface area (Å²) in [7, 11) is 0. The minimum absolute atomic E-state index is 0.0844. The third kappa shape index (κ3) is 2.45. The molecule has 78 valence electrons. The van der Waals surface area contributed by atoms with E-state index in [1.54, 1.807) is 6.07 Å². The van der Waals surface area contributed by atoms with Crippen LogP contribution in [0.4, 0.5) is 0 Å². The largest absolute Gasteiger partial charge is 0.293 e. The van der Waals surface area contributed by atoms with Crippen molar-refractivity contribution in [1.82, 2.24) is 0 Å². The number of halogens is 1. The van der Waals surface area contributed by atoms with Gasteiger partial charge < -0.3 is 0 Å². The molecule has 0 saturated heterocycles. The van der Waals surface area contributed by atoms with Crippen LogP contribution < -0.4 is 0 Å². The van der Waals surface area contributed by atoms with Gasteiger partial charge in [-0.15, -0.1) is 0 Å². The van der Waals surface area contributed by atoms with Gasteiger partial charge in [0.1, 0.15) is 5.92 Å². The standard InChI is InChI=1S/C12H12BrNO/c1-3-9(7-14)12(15)10-5-4-6-11(13)8(10)2/h4-6,9H,3H2,1-2H3. The molecule has 0 aliphatic carbocycles. The van der Waals surface area contributed by atoms with E-state index in [0.717, 1.165) is 10.0 Å². The minimum atomic E-state index is -0.530. The van der Waals surface area contributed by atoms with Crippen LogP contribution in [-0.4, -0.2) is 5.78 Å². The average Bonchev–Trinajstić information content (AvgIpc) is 2.23. The number of hydrogen-bond donors (Lipinski definition) is 0. The van der Waals surface area contributed by atoms with E-state index >= 15 is 0 Å². The highest BCUT2D eigenvalue weighted by molar-refractivity contribution is 9.10. The Balaban J connectivity index is 3.13. The van der Waals surface area contributed by atoms with Gasteiger partial charge in [-0.05, 0) is 25.0 Å². The van der Waals surface area contributed by atoms with Crippen LogP contribution in [0.2, 0.25) is 0 Å². The quantitative estimate of drug-likeness (QED) is 0.786. The number of rotatable bonds is 3. The lowest BCUT2D eigenvalue weighted by atomic mass is 9.94. The monoisotopic (exact) mass is 265 g/mol. The first-order chi connectivity index (χ1) is 7.11. The molecular weight excluding hydrogens is 254 g/mol. The molecule has 0 aliphatic heterocycles. The average molecular weight is 266 g/mol. The number of benzene rings is 1. The normalized spacial score (nSPS) is 11.9. The Morgan fingerprint density at radius 2 is 2.27 bits per heavy atom. The van der Waals surface area contributed by atoms with Gasteiger partial charge in [-0.3, -0.25) is 4.79 Å². The lowest BCUT2D eigenvalue weighted by Crippen LogP contribution is -2.13. The van der Waals surface area contributed by atoms with Crippen LogP contribution in [0.15, 0.2) is 22.7 Å². The Kier molecular flexibility index (Phi) is 4.05. The van der Waals surface area contributed by atoms with Crippen molar-refractivity contribution in [3.8, 4) is 6.07 Å². The van der Waals surface area contributed by atoms with Crippen LogP contribution >= 0.6 is 15.9 Å². The highest BCUT2D eigenvalue weighted by atomic mass is 79.9. The molecule has 0 heterocycles. The van der Waals surface area contributed by atoms with E-state index in [1.165, 1.54) is 0 Å². The summed E-state index contributed by atoms with van der Waals surface area (Å²) in [5, 5.41) is 8.84. The summed E-state index contributed by atoms with van der Waals surface area (Å²) in [4.78, 5) is 11.9. The molecule has 0 bridgehead atoms. The van der Waals surface area contributed by atoms with Gasteiger partial charge in [0.15, 0.2) is 5.78 Å². The summed E-state index contributed by atoms with van der Waals surface area (Å²) in [5.74, 6) is -0.614. The van der Waals surface area contributed by atoms with Crippen molar-refractivity contribution in [2.75, 3.05) is 0 Å². The van der Waals surface area contributed by atoms with Gasteiger partial charge in [0.2, 0.25) is 0 Å². The van der Waals surface area contributed by atoms with Crippen LogP contribution in [0.25, 0.3) is 0 Å². The van der Waals surface area contributed by atoms with Gasteiger partial charge in [-0.1, -0.05) is 35.0 Å². The molecule has 1 aromatic rings. The minimum Gasteiger partial charge on any atom is -0.293 e. The van der Waals surface area contributed by atoms with Crippen LogP contribution in [-0.2, 0) is 0 Å². The second-order valence-corrected chi connectivity index (χ2v) is 4.22. The van der Waals surface area contributed by atoms with E-state index in [9.17, 15) is 4.79 Å². The number of ketones is 1. The first-order valence-electron chi connectivity index (χ1n) is 4.80. The summed E-state index contributed by atoms with van der Waals surface area (Å²) in [6.45, 7) is 3.72. The SMILES string of the molecule is CCC(C#N)C(=O)c1cccc(Br)c1C. The zero-order chi connectivity index (χ0) is 11.4. The number of hydrogen-bond acceptors (Lipinski definition) is 2. The second-order valence-electron chi connectivity index (χ2n) is 3.37. The third-order valence-electron chi connectivity index (χ3n) is 2.41. The predicted molar refractivity (Wildman–Crippen MR) is 62.6 cm³/mol. The second kappa shape index (κ2) is 5.09. The van der Waals surface area contributed by atoms with Crippen molar-refractivity contribution in [2.45, 2.75) is 20.3 Å². The molecular formula is C12H12BrNO. The first-order valence-corrected chi connectivity index (χ1v) is 5.60. The molecule has 1 aromatic carbocycles. The maximum atomic E-state index is 11.9. The summed E-state index contributed by atoms with van der Waals surface area (Å²) >= 11 is 3.37. The van der Waals surface area contributed by atoms with Crippen LogP contribution in [0.5, 0.6) is 0 Å². The summed E-state index contributed by atoms with van der Waals surface area (Å²) in [5.41, 5.74) is 1.54. The number of nitriles is 1. The fourth-order valence-electron chi connectivity index (χ4n) is 1.40. The number of nitrogens with zero attached hydrogens (tertiary/aromatic N) is 1. The van der Waals surface area contributed by atoms with Gasteiger partial charge in [0, 0.05) is 10.0 Å². The molecule has 1 atom stereocenters.